The van der Waals surface area contributed by atoms with E-state index in [1.807, 2.05) is 11.3 Å². The van der Waals surface area contributed by atoms with Crippen molar-refractivity contribution >= 4 is 33.0 Å². The van der Waals surface area contributed by atoms with Crippen LogP contribution in [0, 0.1) is 0 Å². The van der Waals surface area contributed by atoms with Crippen molar-refractivity contribution in [3.8, 4) is 0 Å². The van der Waals surface area contributed by atoms with E-state index in [0.29, 0.717) is 5.88 Å². The molecule has 0 atom stereocenters. The summed E-state index contributed by atoms with van der Waals surface area (Å²) in [5, 5.41) is 7.27. The molecule has 0 saturated carbocycles. The van der Waals surface area contributed by atoms with Crippen LogP contribution in [0.4, 0.5) is 0 Å². The SMILES string of the molecule is CCC(CC)(CCl)NCc1csc2ccccc12. The first-order valence-electron chi connectivity index (χ1n) is 6.51. The molecular formula is C15H20ClNS. The van der Waals surface area contributed by atoms with Crippen LogP contribution in [0.2, 0.25) is 0 Å². The van der Waals surface area contributed by atoms with Crippen molar-refractivity contribution in [1.29, 1.82) is 0 Å². The molecule has 0 radical (unpaired) electrons. The van der Waals surface area contributed by atoms with E-state index in [1.165, 1.54) is 15.6 Å². The van der Waals surface area contributed by atoms with Gasteiger partial charge in [0, 0.05) is 22.7 Å². The number of hydrogen-bond acceptors (Lipinski definition) is 2. The predicted molar refractivity (Wildman–Crippen MR) is 82.7 cm³/mol. The molecule has 3 heteroatoms. The fraction of sp³-hybridized carbons (Fsp3) is 0.467. The van der Waals surface area contributed by atoms with Crippen LogP contribution in [0.25, 0.3) is 10.1 Å². The van der Waals surface area contributed by atoms with Crippen molar-refractivity contribution in [3.05, 3.63) is 35.2 Å². The highest BCUT2D eigenvalue weighted by Crippen LogP contribution is 2.26. The van der Waals surface area contributed by atoms with Gasteiger partial charge in [0.25, 0.3) is 0 Å². The van der Waals surface area contributed by atoms with Gasteiger partial charge < -0.3 is 5.32 Å². The van der Waals surface area contributed by atoms with Crippen LogP contribution in [0.5, 0.6) is 0 Å². The Hall–Kier alpha value is -0.570. The van der Waals surface area contributed by atoms with Crippen LogP contribution in [0.1, 0.15) is 32.3 Å². The summed E-state index contributed by atoms with van der Waals surface area (Å²) >= 11 is 7.94. The average molecular weight is 282 g/mol. The normalized spacial score (nSPS) is 12.2. The van der Waals surface area contributed by atoms with E-state index < -0.39 is 0 Å². The van der Waals surface area contributed by atoms with Crippen molar-refractivity contribution in [2.45, 2.75) is 38.8 Å². The largest absolute Gasteiger partial charge is 0.306 e. The molecule has 0 aliphatic heterocycles. The van der Waals surface area contributed by atoms with Gasteiger partial charge >= 0.3 is 0 Å². The van der Waals surface area contributed by atoms with Gasteiger partial charge in [-0.2, -0.15) is 0 Å². The number of halogens is 1. The molecule has 0 amide bonds. The Morgan fingerprint density at radius 2 is 1.94 bits per heavy atom. The van der Waals surface area contributed by atoms with Crippen LogP contribution in [0.3, 0.4) is 0 Å². The van der Waals surface area contributed by atoms with E-state index in [-0.39, 0.29) is 5.54 Å². The summed E-state index contributed by atoms with van der Waals surface area (Å²) in [6.07, 6.45) is 2.13. The topological polar surface area (TPSA) is 12.0 Å². The summed E-state index contributed by atoms with van der Waals surface area (Å²) in [6.45, 7) is 5.30. The highest BCUT2D eigenvalue weighted by atomic mass is 35.5. The average Bonchev–Trinajstić information content (AvgIpc) is 2.85. The number of rotatable bonds is 6. The lowest BCUT2D eigenvalue weighted by atomic mass is 9.95. The van der Waals surface area contributed by atoms with Gasteiger partial charge in [0.1, 0.15) is 0 Å². The second kappa shape index (κ2) is 6.05. The molecule has 1 heterocycles. The Balaban J connectivity index is 2.14. The lowest BCUT2D eigenvalue weighted by molar-refractivity contribution is 0.335. The standard InChI is InChI=1S/C15H20ClNS/c1-3-15(4-2,11-16)17-9-12-10-18-14-8-6-5-7-13(12)14/h5-8,10,17H,3-4,9,11H2,1-2H3. The van der Waals surface area contributed by atoms with Gasteiger partial charge in [-0.15, -0.1) is 22.9 Å². The fourth-order valence-corrected chi connectivity index (χ4v) is 3.62. The van der Waals surface area contributed by atoms with Gasteiger partial charge in [-0.3, -0.25) is 0 Å². The summed E-state index contributed by atoms with van der Waals surface area (Å²) in [5.41, 5.74) is 1.46. The van der Waals surface area contributed by atoms with Gasteiger partial charge in [0.15, 0.2) is 0 Å². The maximum absolute atomic E-state index is 6.12. The second-order valence-corrected chi connectivity index (χ2v) is 5.91. The number of fused-ring (bicyclic) bond motifs is 1. The number of benzene rings is 1. The van der Waals surface area contributed by atoms with Gasteiger partial charge in [0.2, 0.25) is 0 Å². The van der Waals surface area contributed by atoms with E-state index in [9.17, 15) is 0 Å². The van der Waals surface area contributed by atoms with Crippen LogP contribution >= 0.6 is 22.9 Å². The van der Waals surface area contributed by atoms with E-state index in [1.54, 1.807) is 0 Å². The lowest BCUT2D eigenvalue weighted by Crippen LogP contribution is -2.45. The Bertz CT molecular complexity index is 494. The monoisotopic (exact) mass is 281 g/mol. The molecule has 1 aromatic carbocycles. The first-order chi connectivity index (χ1) is 8.74. The third-order valence-electron chi connectivity index (χ3n) is 3.82. The Morgan fingerprint density at radius 3 is 2.61 bits per heavy atom. The van der Waals surface area contributed by atoms with Gasteiger partial charge in [-0.1, -0.05) is 32.0 Å². The van der Waals surface area contributed by atoms with Gasteiger partial charge in [-0.25, -0.2) is 0 Å². The maximum Gasteiger partial charge on any atom is 0.0405 e. The fourth-order valence-electron chi connectivity index (χ4n) is 2.19. The molecule has 1 aromatic heterocycles. The number of hydrogen-bond donors (Lipinski definition) is 1. The zero-order chi connectivity index (χ0) is 13.0. The van der Waals surface area contributed by atoms with Crippen molar-refractivity contribution in [1.82, 2.24) is 5.32 Å². The van der Waals surface area contributed by atoms with Crippen LogP contribution in [-0.4, -0.2) is 11.4 Å². The lowest BCUT2D eigenvalue weighted by Gasteiger charge is -2.30. The zero-order valence-corrected chi connectivity index (χ0v) is 12.6. The number of thiophene rings is 1. The van der Waals surface area contributed by atoms with E-state index in [2.05, 4.69) is 48.8 Å². The smallest absolute Gasteiger partial charge is 0.0405 e. The van der Waals surface area contributed by atoms with Crippen LogP contribution in [0.15, 0.2) is 29.6 Å². The third kappa shape index (κ3) is 2.71. The Kier molecular flexibility index (Phi) is 4.66. The highest BCUT2D eigenvalue weighted by molar-refractivity contribution is 7.17. The first kappa shape index (κ1) is 13.9. The van der Waals surface area contributed by atoms with Crippen LogP contribution < -0.4 is 5.32 Å². The highest BCUT2D eigenvalue weighted by Gasteiger charge is 2.24. The molecule has 1 N–H and O–H groups in total. The maximum atomic E-state index is 6.12. The molecule has 0 fully saturated rings. The summed E-state index contributed by atoms with van der Waals surface area (Å²) in [6, 6.07) is 8.57. The molecule has 0 saturated heterocycles. The molecule has 18 heavy (non-hydrogen) atoms. The summed E-state index contributed by atoms with van der Waals surface area (Å²) in [7, 11) is 0. The Morgan fingerprint density at radius 1 is 1.22 bits per heavy atom. The van der Waals surface area contributed by atoms with E-state index in [0.717, 1.165) is 19.4 Å². The van der Waals surface area contributed by atoms with E-state index in [4.69, 9.17) is 11.6 Å². The summed E-state index contributed by atoms with van der Waals surface area (Å²) in [4.78, 5) is 0. The minimum absolute atomic E-state index is 0.0740. The summed E-state index contributed by atoms with van der Waals surface area (Å²) in [5.74, 6) is 0.669. The molecule has 0 aliphatic carbocycles. The molecular weight excluding hydrogens is 262 g/mol. The molecule has 2 aromatic rings. The summed E-state index contributed by atoms with van der Waals surface area (Å²) < 4.78 is 1.36. The number of alkyl halides is 1. The van der Waals surface area contributed by atoms with Crippen molar-refractivity contribution in [3.63, 3.8) is 0 Å². The Labute approximate surface area is 118 Å². The molecule has 0 unspecified atom stereocenters. The van der Waals surface area contributed by atoms with Gasteiger partial charge in [-0.05, 0) is 35.2 Å². The quantitative estimate of drug-likeness (QED) is 0.751. The minimum atomic E-state index is 0.0740. The molecule has 0 bridgehead atoms. The molecule has 2 rings (SSSR count). The zero-order valence-electron chi connectivity index (χ0n) is 11.0. The molecule has 0 aliphatic rings. The van der Waals surface area contributed by atoms with E-state index >= 15 is 0 Å². The molecule has 0 spiro atoms. The molecule has 1 nitrogen and oxygen atoms in total. The minimum Gasteiger partial charge on any atom is -0.306 e. The predicted octanol–water partition coefficient (Wildman–Crippen LogP) is 4.79. The van der Waals surface area contributed by atoms with Crippen LogP contribution in [-0.2, 0) is 6.54 Å². The van der Waals surface area contributed by atoms with Crippen molar-refractivity contribution < 1.29 is 0 Å². The van der Waals surface area contributed by atoms with Gasteiger partial charge in [0.05, 0.1) is 0 Å². The van der Waals surface area contributed by atoms with Crippen molar-refractivity contribution in [2.24, 2.45) is 0 Å². The first-order valence-corrected chi connectivity index (χ1v) is 7.92. The van der Waals surface area contributed by atoms with Crippen molar-refractivity contribution in [2.75, 3.05) is 5.88 Å². The third-order valence-corrected chi connectivity index (χ3v) is 5.35. The molecule has 98 valence electrons. The number of nitrogens with one attached hydrogen (secondary N) is 1. The second-order valence-electron chi connectivity index (χ2n) is 4.73.